The lowest BCUT2D eigenvalue weighted by atomic mass is 10.1. The quantitative estimate of drug-likeness (QED) is 0.879. The molecular formula is C15H13FN2O3. The normalized spacial score (nSPS) is 16.6. The van der Waals surface area contributed by atoms with Gasteiger partial charge in [-0.15, -0.1) is 0 Å². The summed E-state index contributed by atoms with van der Waals surface area (Å²) in [4.78, 5) is 26.6. The highest BCUT2D eigenvalue weighted by molar-refractivity contribution is 6.02. The van der Waals surface area contributed by atoms with Crippen LogP contribution in [-0.2, 0) is 17.6 Å². The van der Waals surface area contributed by atoms with Gasteiger partial charge in [-0.3, -0.25) is 4.79 Å². The van der Waals surface area contributed by atoms with Gasteiger partial charge in [-0.2, -0.15) is 0 Å². The first kappa shape index (κ1) is 13.5. The average molecular weight is 288 g/mol. The third-order valence-electron chi connectivity index (χ3n) is 3.53. The molecule has 1 heterocycles. The van der Waals surface area contributed by atoms with E-state index in [1.54, 1.807) is 13.0 Å². The Balaban J connectivity index is 1.83. The highest BCUT2D eigenvalue weighted by Gasteiger charge is 2.25. The van der Waals surface area contributed by atoms with Crippen LogP contribution in [0, 0.1) is 18.7 Å². The highest BCUT2D eigenvalue weighted by Crippen LogP contribution is 2.30. The van der Waals surface area contributed by atoms with Crippen LogP contribution in [-0.4, -0.2) is 17.2 Å². The SMILES string of the molecule is Cc1ncc(C(=O)Nc2cc(F)c3c(c2)CC(C=O)C3)o1. The summed E-state index contributed by atoms with van der Waals surface area (Å²) in [6.07, 6.45) is 3.08. The minimum atomic E-state index is -0.486. The Labute approximate surface area is 120 Å². The third-order valence-corrected chi connectivity index (χ3v) is 3.53. The van der Waals surface area contributed by atoms with Gasteiger partial charge in [-0.1, -0.05) is 0 Å². The lowest BCUT2D eigenvalue weighted by Gasteiger charge is -2.07. The molecule has 1 aromatic heterocycles. The molecule has 0 saturated heterocycles. The molecule has 1 amide bonds. The zero-order valence-electron chi connectivity index (χ0n) is 11.4. The number of rotatable bonds is 3. The number of halogens is 1. The number of amides is 1. The van der Waals surface area contributed by atoms with Crippen molar-refractivity contribution in [1.82, 2.24) is 4.98 Å². The van der Waals surface area contributed by atoms with Crippen LogP contribution in [0.1, 0.15) is 27.6 Å². The fourth-order valence-electron chi connectivity index (χ4n) is 2.55. The van der Waals surface area contributed by atoms with Crippen molar-refractivity contribution in [2.75, 3.05) is 5.32 Å². The van der Waals surface area contributed by atoms with Crippen LogP contribution in [0.2, 0.25) is 0 Å². The van der Waals surface area contributed by atoms with E-state index in [4.69, 9.17) is 4.42 Å². The molecule has 6 heteroatoms. The largest absolute Gasteiger partial charge is 0.436 e. The number of aldehydes is 1. The van der Waals surface area contributed by atoms with Gasteiger partial charge in [-0.25, -0.2) is 9.37 Å². The Morgan fingerprint density at radius 3 is 2.95 bits per heavy atom. The molecule has 1 aliphatic carbocycles. The van der Waals surface area contributed by atoms with Gasteiger partial charge in [0.25, 0.3) is 5.91 Å². The maximum atomic E-state index is 14.0. The zero-order valence-corrected chi connectivity index (χ0v) is 11.4. The van der Waals surface area contributed by atoms with Crippen LogP contribution < -0.4 is 5.32 Å². The van der Waals surface area contributed by atoms with E-state index in [-0.39, 0.29) is 11.7 Å². The molecule has 0 fully saturated rings. The second kappa shape index (κ2) is 5.12. The monoisotopic (exact) mass is 288 g/mol. The molecule has 1 N–H and O–H groups in total. The Morgan fingerprint density at radius 1 is 1.48 bits per heavy atom. The minimum Gasteiger partial charge on any atom is -0.436 e. The molecule has 5 nitrogen and oxygen atoms in total. The molecule has 1 aromatic carbocycles. The Bertz CT molecular complexity index is 724. The molecule has 2 aromatic rings. The second-order valence-corrected chi connectivity index (χ2v) is 5.10. The smallest absolute Gasteiger partial charge is 0.293 e. The molecule has 1 atom stereocenters. The number of carbonyl (C=O) groups is 2. The van der Waals surface area contributed by atoms with Crippen LogP contribution >= 0.6 is 0 Å². The van der Waals surface area contributed by atoms with Crippen molar-refractivity contribution in [1.29, 1.82) is 0 Å². The van der Waals surface area contributed by atoms with Crippen molar-refractivity contribution in [2.45, 2.75) is 19.8 Å². The summed E-state index contributed by atoms with van der Waals surface area (Å²) < 4.78 is 19.1. The number of oxazole rings is 1. The Morgan fingerprint density at radius 2 is 2.29 bits per heavy atom. The minimum absolute atomic E-state index is 0.0687. The summed E-state index contributed by atoms with van der Waals surface area (Å²) in [6.45, 7) is 1.63. The predicted octanol–water partition coefficient (Wildman–Crippen LogP) is 2.29. The third kappa shape index (κ3) is 2.56. The van der Waals surface area contributed by atoms with Crippen molar-refractivity contribution >= 4 is 17.9 Å². The van der Waals surface area contributed by atoms with Gasteiger partial charge in [0.05, 0.1) is 6.20 Å². The maximum Gasteiger partial charge on any atom is 0.293 e. The van der Waals surface area contributed by atoms with E-state index < -0.39 is 11.7 Å². The lowest BCUT2D eigenvalue weighted by molar-refractivity contribution is -0.110. The summed E-state index contributed by atoms with van der Waals surface area (Å²) >= 11 is 0. The van der Waals surface area contributed by atoms with Gasteiger partial charge in [0, 0.05) is 18.5 Å². The summed E-state index contributed by atoms with van der Waals surface area (Å²) in [5, 5.41) is 2.57. The number of aromatic nitrogens is 1. The standard InChI is InChI=1S/C15H13FN2O3/c1-8-17-6-14(21-8)15(20)18-11-4-10-2-9(7-19)3-12(10)13(16)5-11/h4-7,9H,2-3H2,1H3,(H,18,20). The summed E-state index contributed by atoms with van der Waals surface area (Å²) in [5.74, 6) is -0.619. The topological polar surface area (TPSA) is 72.2 Å². The molecular weight excluding hydrogens is 275 g/mol. The maximum absolute atomic E-state index is 14.0. The summed E-state index contributed by atoms with van der Waals surface area (Å²) in [6, 6.07) is 2.95. The van der Waals surface area contributed by atoms with Crippen molar-refractivity contribution < 1.29 is 18.4 Å². The first-order valence-corrected chi connectivity index (χ1v) is 6.57. The molecule has 1 aliphatic rings. The zero-order chi connectivity index (χ0) is 15.0. The number of nitrogens with zero attached hydrogens (tertiary/aromatic N) is 1. The molecule has 0 saturated carbocycles. The number of fused-ring (bicyclic) bond motifs is 1. The summed E-state index contributed by atoms with van der Waals surface area (Å²) in [5.41, 5.74) is 1.66. The fourth-order valence-corrected chi connectivity index (χ4v) is 2.55. The van der Waals surface area contributed by atoms with Gasteiger partial charge in [0.1, 0.15) is 12.1 Å². The molecule has 0 aliphatic heterocycles. The fraction of sp³-hybridized carbons (Fsp3) is 0.267. The van der Waals surface area contributed by atoms with Crippen LogP contribution in [0.3, 0.4) is 0 Å². The van der Waals surface area contributed by atoms with E-state index in [1.165, 1.54) is 12.3 Å². The second-order valence-electron chi connectivity index (χ2n) is 5.10. The molecule has 108 valence electrons. The van der Waals surface area contributed by atoms with Crippen molar-refractivity contribution in [3.63, 3.8) is 0 Å². The van der Waals surface area contributed by atoms with Crippen molar-refractivity contribution in [3.8, 4) is 0 Å². The number of hydrogen-bond acceptors (Lipinski definition) is 4. The van der Waals surface area contributed by atoms with Crippen LogP contribution in [0.5, 0.6) is 0 Å². The van der Waals surface area contributed by atoms with E-state index in [2.05, 4.69) is 10.3 Å². The number of anilines is 1. The van der Waals surface area contributed by atoms with E-state index >= 15 is 0 Å². The van der Waals surface area contributed by atoms with Crippen LogP contribution in [0.4, 0.5) is 10.1 Å². The number of aryl methyl sites for hydroxylation is 1. The molecule has 0 radical (unpaired) electrons. The van der Waals surface area contributed by atoms with Gasteiger partial charge < -0.3 is 14.5 Å². The molecule has 3 rings (SSSR count). The number of benzene rings is 1. The first-order chi connectivity index (χ1) is 10.1. The summed E-state index contributed by atoms with van der Waals surface area (Å²) in [7, 11) is 0. The number of carbonyl (C=O) groups excluding carboxylic acids is 2. The van der Waals surface area contributed by atoms with E-state index in [1.807, 2.05) is 0 Å². The molecule has 21 heavy (non-hydrogen) atoms. The van der Waals surface area contributed by atoms with Crippen LogP contribution in [0.25, 0.3) is 0 Å². The van der Waals surface area contributed by atoms with E-state index in [0.29, 0.717) is 30.0 Å². The van der Waals surface area contributed by atoms with Gasteiger partial charge >= 0.3 is 0 Å². The predicted molar refractivity (Wildman–Crippen MR) is 72.6 cm³/mol. The molecule has 1 unspecified atom stereocenters. The average Bonchev–Trinajstić information content (AvgIpc) is 3.04. The number of nitrogens with one attached hydrogen (secondary N) is 1. The Hall–Kier alpha value is -2.50. The van der Waals surface area contributed by atoms with Crippen LogP contribution in [0.15, 0.2) is 22.7 Å². The van der Waals surface area contributed by atoms with E-state index in [9.17, 15) is 14.0 Å². The van der Waals surface area contributed by atoms with Crippen molar-refractivity contribution in [2.24, 2.45) is 5.92 Å². The van der Waals surface area contributed by atoms with Gasteiger partial charge in [-0.05, 0) is 36.1 Å². The lowest BCUT2D eigenvalue weighted by Crippen LogP contribution is -2.11. The van der Waals surface area contributed by atoms with Gasteiger partial charge in [0.2, 0.25) is 5.76 Å². The number of hydrogen-bond donors (Lipinski definition) is 1. The highest BCUT2D eigenvalue weighted by atomic mass is 19.1. The van der Waals surface area contributed by atoms with E-state index in [0.717, 1.165) is 11.8 Å². The van der Waals surface area contributed by atoms with Gasteiger partial charge in [0.15, 0.2) is 5.89 Å². The Kier molecular flexibility index (Phi) is 3.29. The molecule has 0 bridgehead atoms. The molecule has 0 spiro atoms. The van der Waals surface area contributed by atoms with Crippen molar-refractivity contribution in [3.05, 3.63) is 46.9 Å². The first-order valence-electron chi connectivity index (χ1n) is 6.57.